The van der Waals surface area contributed by atoms with E-state index < -0.39 is 11.7 Å². The summed E-state index contributed by atoms with van der Waals surface area (Å²) in [5, 5.41) is 0. The Morgan fingerprint density at radius 3 is 1.46 bits per heavy atom. The van der Waals surface area contributed by atoms with Gasteiger partial charge in [0.05, 0.1) is 25.9 Å². The molecule has 0 aliphatic rings. The molecule has 3 heterocycles. The van der Waals surface area contributed by atoms with Gasteiger partial charge >= 0.3 is 6.18 Å². The summed E-state index contributed by atoms with van der Waals surface area (Å²) in [6.07, 6.45) is -1.85. The molecule has 0 unspecified atom stereocenters. The summed E-state index contributed by atoms with van der Waals surface area (Å²) < 4.78 is 51.6. The predicted octanol–water partition coefficient (Wildman–Crippen LogP) is 7.18. The van der Waals surface area contributed by atoms with Gasteiger partial charge in [-0.2, -0.15) is 13.2 Å². The molecule has 0 fully saturated rings. The normalized spacial score (nSPS) is 12.4. The Bertz CT molecular complexity index is 940. The van der Waals surface area contributed by atoms with Crippen molar-refractivity contribution in [3.8, 4) is 23.2 Å². The third-order valence-electron chi connectivity index (χ3n) is 3.99. The van der Waals surface area contributed by atoms with E-state index in [2.05, 4.69) is 46.8 Å². The number of oxazole rings is 2. The third-order valence-corrected chi connectivity index (χ3v) is 5.54. The van der Waals surface area contributed by atoms with Gasteiger partial charge in [-0.05, 0) is 43.7 Å². The van der Waals surface area contributed by atoms with E-state index in [4.69, 9.17) is 8.83 Å². The summed E-state index contributed by atoms with van der Waals surface area (Å²) in [5.74, 6) is 0.0539. The Labute approximate surface area is 176 Å². The molecule has 0 spiro atoms. The van der Waals surface area contributed by atoms with Gasteiger partial charge in [-0.1, -0.05) is 27.7 Å². The van der Waals surface area contributed by atoms with Crippen LogP contribution in [0.1, 0.15) is 56.5 Å². The maximum Gasteiger partial charge on any atom is 0.418 e. The molecule has 0 aromatic carbocycles. The number of pyridine rings is 1. The molecule has 0 aliphatic carbocycles. The van der Waals surface area contributed by atoms with Crippen LogP contribution < -0.4 is 0 Å². The maximum atomic E-state index is 13.8. The van der Waals surface area contributed by atoms with Crippen molar-refractivity contribution in [2.75, 3.05) is 0 Å². The minimum absolute atomic E-state index is 0.0227. The van der Waals surface area contributed by atoms with Crippen molar-refractivity contribution in [2.45, 2.75) is 45.7 Å². The van der Waals surface area contributed by atoms with Crippen LogP contribution in [0.4, 0.5) is 13.2 Å². The fourth-order valence-electron chi connectivity index (χ4n) is 2.40. The van der Waals surface area contributed by atoms with Gasteiger partial charge in [0.15, 0.2) is 0 Å². The molecule has 3 aromatic heterocycles. The van der Waals surface area contributed by atoms with E-state index in [-0.39, 0.29) is 44.0 Å². The van der Waals surface area contributed by atoms with Gasteiger partial charge < -0.3 is 8.83 Å². The number of halogens is 5. The summed E-state index contributed by atoms with van der Waals surface area (Å²) in [7, 11) is 0. The first-order chi connectivity index (χ1) is 13.0. The summed E-state index contributed by atoms with van der Waals surface area (Å²) in [6, 6.07) is 0. The van der Waals surface area contributed by atoms with Gasteiger partial charge in [-0.3, -0.25) is 0 Å². The smallest absolute Gasteiger partial charge is 0.418 e. The maximum absolute atomic E-state index is 13.8. The highest BCUT2D eigenvalue weighted by molar-refractivity contribution is 9.11. The molecule has 0 amide bonds. The van der Waals surface area contributed by atoms with E-state index in [1.54, 1.807) is 0 Å². The zero-order valence-corrected chi connectivity index (χ0v) is 18.5. The number of hydrogen-bond donors (Lipinski definition) is 0. The Hall–Kier alpha value is -1.68. The minimum atomic E-state index is -4.66. The van der Waals surface area contributed by atoms with Gasteiger partial charge in [-0.15, -0.1) is 0 Å². The van der Waals surface area contributed by atoms with Gasteiger partial charge in [0.25, 0.3) is 0 Å². The predicted molar refractivity (Wildman–Crippen MR) is 104 cm³/mol. The van der Waals surface area contributed by atoms with Crippen molar-refractivity contribution in [1.29, 1.82) is 0 Å². The molecule has 0 aliphatic heterocycles. The van der Waals surface area contributed by atoms with Crippen LogP contribution in [0.5, 0.6) is 0 Å². The van der Waals surface area contributed by atoms with Crippen molar-refractivity contribution >= 4 is 31.9 Å². The summed E-state index contributed by atoms with van der Waals surface area (Å²) in [6.45, 7) is 7.61. The highest BCUT2D eigenvalue weighted by Gasteiger charge is 2.40. The molecule has 0 N–H and O–H groups in total. The first-order valence-electron chi connectivity index (χ1n) is 8.38. The number of aromatic nitrogens is 3. The molecule has 28 heavy (non-hydrogen) atoms. The second-order valence-corrected chi connectivity index (χ2v) is 8.36. The molecular formula is C18H16Br2F3N3O2. The fourth-order valence-corrected chi connectivity index (χ4v) is 4.02. The zero-order valence-electron chi connectivity index (χ0n) is 15.4. The highest BCUT2D eigenvalue weighted by Crippen LogP contribution is 2.46. The lowest BCUT2D eigenvalue weighted by atomic mass is 10.1. The SMILES string of the molecule is CC(C)c1coc(-c2nc(-c3nc(C(C)C)co3)c(Br)c(C(F)(F)F)c2Br)n1. The number of rotatable bonds is 4. The Morgan fingerprint density at radius 2 is 1.18 bits per heavy atom. The van der Waals surface area contributed by atoms with Crippen LogP contribution in [0.25, 0.3) is 23.2 Å². The molecule has 10 heteroatoms. The monoisotopic (exact) mass is 521 g/mol. The molecule has 3 rings (SSSR count). The van der Waals surface area contributed by atoms with Gasteiger partial charge in [0, 0.05) is 0 Å². The van der Waals surface area contributed by atoms with Gasteiger partial charge in [0.2, 0.25) is 11.8 Å². The fraction of sp³-hybridized carbons (Fsp3) is 0.389. The summed E-state index contributed by atoms with van der Waals surface area (Å²) in [5.41, 5.74) is 0.115. The lowest BCUT2D eigenvalue weighted by molar-refractivity contribution is -0.138. The van der Waals surface area contributed by atoms with Crippen LogP contribution in [0.2, 0.25) is 0 Å². The largest absolute Gasteiger partial charge is 0.443 e. The van der Waals surface area contributed by atoms with E-state index >= 15 is 0 Å². The average molecular weight is 523 g/mol. The van der Waals surface area contributed by atoms with E-state index in [1.807, 2.05) is 27.7 Å². The van der Waals surface area contributed by atoms with Crippen molar-refractivity contribution < 1.29 is 22.0 Å². The Morgan fingerprint density at radius 1 is 0.786 bits per heavy atom. The van der Waals surface area contributed by atoms with Gasteiger partial charge in [-0.25, -0.2) is 15.0 Å². The van der Waals surface area contributed by atoms with Crippen LogP contribution in [0, 0.1) is 0 Å². The Balaban J connectivity index is 2.27. The second-order valence-electron chi connectivity index (χ2n) is 6.77. The van der Waals surface area contributed by atoms with Gasteiger partial charge in [0.1, 0.15) is 23.9 Å². The molecular weight excluding hydrogens is 507 g/mol. The molecule has 0 radical (unpaired) electrons. The van der Waals surface area contributed by atoms with E-state index in [0.29, 0.717) is 11.4 Å². The van der Waals surface area contributed by atoms with Crippen LogP contribution in [0.3, 0.4) is 0 Å². The topological polar surface area (TPSA) is 65.0 Å². The molecule has 150 valence electrons. The van der Waals surface area contributed by atoms with Crippen LogP contribution in [0.15, 0.2) is 30.3 Å². The average Bonchev–Trinajstić information content (AvgIpc) is 3.23. The lowest BCUT2D eigenvalue weighted by Gasteiger charge is -2.15. The number of alkyl halides is 3. The first kappa shape index (κ1) is 21.0. The van der Waals surface area contributed by atoms with E-state index in [1.165, 1.54) is 12.5 Å². The lowest BCUT2D eigenvalue weighted by Crippen LogP contribution is -2.11. The van der Waals surface area contributed by atoms with E-state index in [0.717, 1.165) is 0 Å². The van der Waals surface area contributed by atoms with Crippen LogP contribution in [-0.4, -0.2) is 15.0 Å². The molecule has 0 bridgehead atoms. The highest BCUT2D eigenvalue weighted by atomic mass is 79.9. The van der Waals surface area contributed by atoms with Crippen molar-refractivity contribution in [3.63, 3.8) is 0 Å². The summed E-state index contributed by atoms with van der Waals surface area (Å²) >= 11 is 6.05. The second kappa shape index (κ2) is 7.62. The first-order valence-corrected chi connectivity index (χ1v) is 9.97. The van der Waals surface area contributed by atoms with Crippen LogP contribution in [-0.2, 0) is 6.18 Å². The molecule has 0 saturated heterocycles. The number of nitrogens with zero attached hydrogens (tertiary/aromatic N) is 3. The molecule has 3 aromatic rings. The molecule has 5 nitrogen and oxygen atoms in total. The number of hydrogen-bond acceptors (Lipinski definition) is 5. The standard InChI is InChI=1S/C18H16Br2F3N3O2/c1-7(2)9-5-27-16(24-9)14-12(19)11(18(21,22)23)13(20)15(26-14)17-25-10(6-28-17)8(3)4/h5-8H,1-4H3. The third kappa shape index (κ3) is 3.89. The Kier molecular flexibility index (Phi) is 5.73. The molecule has 0 saturated carbocycles. The zero-order chi connectivity index (χ0) is 20.8. The summed E-state index contributed by atoms with van der Waals surface area (Å²) in [4.78, 5) is 12.9. The quantitative estimate of drug-likeness (QED) is 0.363. The van der Waals surface area contributed by atoms with Crippen molar-refractivity contribution in [3.05, 3.63) is 38.4 Å². The minimum Gasteiger partial charge on any atom is -0.443 e. The van der Waals surface area contributed by atoms with E-state index in [9.17, 15) is 13.2 Å². The van der Waals surface area contributed by atoms with Crippen LogP contribution >= 0.6 is 31.9 Å². The molecule has 0 atom stereocenters. The van der Waals surface area contributed by atoms with Crippen molar-refractivity contribution in [2.24, 2.45) is 0 Å². The van der Waals surface area contributed by atoms with Crippen molar-refractivity contribution in [1.82, 2.24) is 15.0 Å².